The van der Waals surface area contributed by atoms with E-state index in [1.807, 2.05) is 33.8 Å². The number of rotatable bonds is 5. The van der Waals surface area contributed by atoms with Crippen molar-refractivity contribution in [2.75, 3.05) is 18.5 Å². The van der Waals surface area contributed by atoms with Gasteiger partial charge in [0.1, 0.15) is 36.3 Å². The summed E-state index contributed by atoms with van der Waals surface area (Å²) in [4.78, 5) is 16.2. The Hall–Kier alpha value is -2.27. The van der Waals surface area contributed by atoms with E-state index >= 15 is 0 Å². The second kappa shape index (κ2) is 7.52. The van der Waals surface area contributed by atoms with Crippen LogP contribution in [0.3, 0.4) is 0 Å². The molecule has 2 aromatic rings. The van der Waals surface area contributed by atoms with Crippen molar-refractivity contribution < 1.29 is 28.8 Å². The number of aliphatic hydroxyl groups is 1. The molecule has 1 amide bonds. The largest absolute Gasteiger partial charge is 0.449 e. The molecule has 158 valence electrons. The molecular weight excluding hydrogens is 380 g/mol. The van der Waals surface area contributed by atoms with Crippen LogP contribution in [0.4, 0.5) is 10.6 Å². The van der Waals surface area contributed by atoms with Crippen LogP contribution in [0.25, 0.3) is 5.52 Å². The SMILES string of the molecule is CC(C)COC(=O)Nc1ncnn2c([C@@H]3O[C@H](CO)[C@H]4OC(C)(C)O[C@H]43)ccc12. The van der Waals surface area contributed by atoms with Gasteiger partial charge in [-0.15, -0.1) is 0 Å². The van der Waals surface area contributed by atoms with Gasteiger partial charge in [0, 0.05) is 0 Å². The van der Waals surface area contributed by atoms with Crippen molar-refractivity contribution in [3.8, 4) is 0 Å². The molecule has 29 heavy (non-hydrogen) atoms. The quantitative estimate of drug-likeness (QED) is 0.773. The maximum absolute atomic E-state index is 12.0. The lowest BCUT2D eigenvalue weighted by atomic mass is 10.1. The van der Waals surface area contributed by atoms with Gasteiger partial charge in [-0.05, 0) is 31.9 Å². The number of ether oxygens (including phenoxy) is 4. The Bertz CT molecular complexity index is 898. The zero-order valence-corrected chi connectivity index (χ0v) is 16.9. The van der Waals surface area contributed by atoms with Gasteiger partial charge in [0.05, 0.1) is 18.9 Å². The van der Waals surface area contributed by atoms with Crippen molar-refractivity contribution in [3.05, 3.63) is 24.2 Å². The van der Waals surface area contributed by atoms with Gasteiger partial charge in [-0.3, -0.25) is 5.32 Å². The molecule has 2 aliphatic heterocycles. The number of aliphatic hydroxyl groups excluding tert-OH is 1. The van der Waals surface area contributed by atoms with Gasteiger partial charge in [0.2, 0.25) is 0 Å². The zero-order chi connectivity index (χ0) is 20.8. The van der Waals surface area contributed by atoms with Gasteiger partial charge in [-0.25, -0.2) is 14.3 Å². The minimum Gasteiger partial charge on any atom is -0.449 e. The Morgan fingerprint density at radius 3 is 2.83 bits per heavy atom. The van der Waals surface area contributed by atoms with Crippen LogP contribution in [0.5, 0.6) is 0 Å². The minimum atomic E-state index is -0.764. The van der Waals surface area contributed by atoms with E-state index in [0.717, 1.165) is 0 Å². The van der Waals surface area contributed by atoms with E-state index < -0.39 is 24.1 Å². The Balaban J connectivity index is 1.60. The van der Waals surface area contributed by atoms with E-state index in [9.17, 15) is 9.90 Å². The van der Waals surface area contributed by atoms with Crippen LogP contribution in [-0.4, -0.2) is 63.1 Å². The highest BCUT2D eigenvalue weighted by atomic mass is 16.8. The van der Waals surface area contributed by atoms with Crippen molar-refractivity contribution in [3.63, 3.8) is 0 Å². The van der Waals surface area contributed by atoms with Crippen LogP contribution in [-0.2, 0) is 18.9 Å². The van der Waals surface area contributed by atoms with Crippen LogP contribution in [0.2, 0.25) is 0 Å². The number of anilines is 1. The number of aromatic nitrogens is 3. The maximum Gasteiger partial charge on any atom is 0.412 e. The van der Waals surface area contributed by atoms with Crippen LogP contribution in [0.15, 0.2) is 18.5 Å². The minimum absolute atomic E-state index is 0.177. The van der Waals surface area contributed by atoms with E-state index in [1.165, 1.54) is 6.33 Å². The van der Waals surface area contributed by atoms with Crippen LogP contribution in [0.1, 0.15) is 39.5 Å². The number of nitrogens with zero attached hydrogens (tertiary/aromatic N) is 3. The van der Waals surface area contributed by atoms with Crippen molar-refractivity contribution >= 4 is 17.4 Å². The molecule has 4 heterocycles. The zero-order valence-electron chi connectivity index (χ0n) is 16.9. The van der Waals surface area contributed by atoms with E-state index in [0.29, 0.717) is 23.6 Å². The number of nitrogens with one attached hydrogen (secondary N) is 1. The lowest BCUT2D eigenvalue weighted by molar-refractivity contribution is -0.191. The maximum atomic E-state index is 12.0. The smallest absolute Gasteiger partial charge is 0.412 e. The fourth-order valence-electron chi connectivity index (χ4n) is 3.71. The molecule has 2 saturated heterocycles. The van der Waals surface area contributed by atoms with Crippen molar-refractivity contribution in [2.45, 2.75) is 57.9 Å². The molecule has 2 aliphatic rings. The first-order valence-electron chi connectivity index (χ1n) is 9.67. The van der Waals surface area contributed by atoms with E-state index in [2.05, 4.69) is 15.4 Å². The molecule has 0 aromatic carbocycles. The highest BCUT2D eigenvalue weighted by molar-refractivity contribution is 5.88. The second-order valence-electron chi connectivity index (χ2n) is 8.12. The number of hydrogen-bond acceptors (Lipinski definition) is 8. The first-order valence-corrected chi connectivity index (χ1v) is 9.67. The van der Waals surface area contributed by atoms with Crippen LogP contribution < -0.4 is 5.32 Å². The normalized spacial score (nSPS) is 28.1. The molecular formula is C19H26N4O6. The molecule has 10 heteroatoms. The van der Waals surface area contributed by atoms with Gasteiger partial charge >= 0.3 is 6.09 Å². The summed E-state index contributed by atoms with van der Waals surface area (Å²) in [6.45, 7) is 7.72. The third-order valence-electron chi connectivity index (χ3n) is 4.87. The predicted molar refractivity (Wildman–Crippen MR) is 101 cm³/mol. The van der Waals surface area contributed by atoms with Crippen LogP contribution >= 0.6 is 0 Å². The first kappa shape index (κ1) is 20.0. The van der Waals surface area contributed by atoms with Gasteiger partial charge in [-0.1, -0.05) is 13.8 Å². The molecule has 2 aromatic heterocycles. The number of hydrogen-bond donors (Lipinski definition) is 2. The summed E-state index contributed by atoms with van der Waals surface area (Å²) in [5, 5.41) is 16.6. The highest BCUT2D eigenvalue weighted by Gasteiger charge is 2.56. The summed E-state index contributed by atoms with van der Waals surface area (Å²) in [7, 11) is 0. The molecule has 0 bridgehead atoms. The van der Waals surface area contributed by atoms with Crippen molar-refractivity contribution in [2.24, 2.45) is 5.92 Å². The molecule has 10 nitrogen and oxygen atoms in total. The lowest BCUT2D eigenvalue weighted by Crippen LogP contribution is -2.31. The van der Waals surface area contributed by atoms with Gasteiger partial charge < -0.3 is 24.1 Å². The predicted octanol–water partition coefficient (Wildman–Crippen LogP) is 1.89. The molecule has 0 spiro atoms. The molecule has 0 saturated carbocycles. The molecule has 4 rings (SSSR count). The number of carbonyl (C=O) groups is 1. The average Bonchev–Trinajstić information content (AvgIpc) is 3.31. The average molecular weight is 406 g/mol. The summed E-state index contributed by atoms with van der Waals surface area (Å²) >= 11 is 0. The monoisotopic (exact) mass is 406 g/mol. The Morgan fingerprint density at radius 1 is 1.34 bits per heavy atom. The third-order valence-corrected chi connectivity index (χ3v) is 4.87. The second-order valence-corrected chi connectivity index (χ2v) is 8.12. The summed E-state index contributed by atoms with van der Waals surface area (Å²) in [5.41, 5.74) is 1.31. The molecule has 0 unspecified atom stereocenters. The lowest BCUT2D eigenvalue weighted by Gasteiger charge is -2.23. The topological polar surface area (TPSA) is 116 Å². The number of fused-ring (bicyclic) bond motifs is 2. The Labute approximate surface area is 168 Å². The van der Waals surface area contributed by atoms with Crippen LogP contribution in [0, 0.1) is 5.92 Å². The Kier molecular flexibility index (Phi) is 5.19. The molecule has 0 aliphatic carbocycles. The van der Waals surface area contributed by atoms with Crippen molar-refractivity contribution in [1.82, 2.24) is 14.6 Å². The number of carbonyl (C=O) groups excluding carboxylic acids is 1. The fraction of sp³-hybridized carbons (Fsp3) is 0.632. The standard InChI is InChI=1S/C19H26N4O6/c1-10(2)8-26-18(25)22-17-12-6-5-11(23(12)21-9-20-17)14-16-15(13(7-24)27-14)28-19(3,4)29-16/h5-6,9-10,13-16,24H,7-8H2,1-4H3,(H,20,21,22,25)/t13-,14+,15-,16+/m1/s1. The molecule has 0 radical (unpaired) electrons. The third kappa shape index (κ3) is 3.80. The Morgan fingerprint density at radius 2 is 2.10 bits per heavy atom. The van der Waals surface area contributed by atoms with E-state index in [-0.39, 0.29) is 24.7 Å². The van der Waals surface area contributed by atoms with E-state index in [1.54, 1.807) is 10.6 Å². The summed E-state index contributed by atoms with van der Waals surface area (Å²) in [6, 6.07) is 3.63. The molecule has 2 N–H and O–H groups in total. The first-order chi connectivity index (χ1) is 13.8. The highest BCUT2D eigenvalue weighted by Crippen LogP contribution is 2.45. The number of amides is 1. The summed E-state index contributed by atoms with van der Waals surface area (Å²) in [5.74, 6) is -0.201. The van der Waals surface area contributed by atoms with Crippen molar-refractivity contribution in [1.29, 1.82) is 0 Å². The fourth-order valence-corrected chi connectivity index (χ4v) is 3.71. The van der Waals surface area contributed by atoms with E-state index in [4.69, 9.17) is 18.9 Å². The van der Waals surface area contributed by atoms with Gasteiger partial charge in [0.15, 0.2) is 11.6 Å². The van der Waals surface area contributed by atoms with Gasteiger partial charge in [-0.2, -0.15) is 5.10 Å². The summed E-state index contributed by atoms with van der Waals surface area (Å²) in [6.07, 6.45) is -0.979. The summed E-state index contributed by atoms with van der Waals surface area (Å²) < 4.78 is 24.8. The molecule has 2 fully saturated rings. The van der Waals surface area contributed by atoms with Gasteiger partial charge in [0.25, 0.3) is 0 Å². The molecule has 4 atom stereocenters.